The van der Waals surface area contributed by atoms with Crippen LogP contribution in [0.1, 0.15) is 24.0 Å². The molecule has 0 unspecified atom stereocenters. The summed E-state index contributed by atoms with van der Waals surface area (Å²) in [7, 11) is 0. The third-order valence-corrected chi connectivity index (χ3v) is 6.50. The molecule has 2 saturated heterocycles. The number of aromatic nitrogens is 1. The van der Waals surface area contributed by atoms with Gasteiger partial charge in [0, 0.05) is 57.9 Å². The van der Waals surface area contributed by atoms with Crippen LogP contribution in [0.2, 0.25) is 5.02 Å². The molecule has 1 amide bonds. The van der Waals surface area contributed by atoms with E-state index in [1.165, 1.54) is 5.56 Å². The summed E-state index contributed by atoms with van der Waals surface area (Å²) in [6.45, 7) is 5.12. The number of pyridine rings is 1. The predicted molar refractivity (Wildman–Crippen MR) is 117 cm³/mol. The first-order valence-electron chi connectivity index (χ1n) is 10.8. The molecular weight excluding hydrogens is 441 g/mol. The largest absolute Gasteiger partial charge is 0.417 e. The highest BCUT2D eigenvalue weighted by Crippen LogP contribution is 2.34. The Hall–Kier alpha value is -2.32. The quantitative estimate of drug-likeness (QED) is 0.673. The fourth-order valence-electron chi connectivity index (χ4n) is 4.38. The van der Waals surface area contributed by atoms with Gasteiger partial charge in [-0.2, -0.15) is 13.2 Å². The van der Waals surface area contributed by atoms with E-state index in [0.29, 0.717) is 31.7 Å². The normalized spacial score (nSPS) is 18.8. The molecule has 2 aromatic rings. The number of carbonyl (C=O) groups is 1. The Bertz CT molecular complexity index is 925. The van der Waals surface area contributed by atoms with E-state index in [1.54, 1.807) is 0 Å². The number of alkyl halides is 3. The van der Waals surface area contributed by atoms with Crippen molar-refractivity contribution in [3.05, 3.63) is 58.7 Å². The molecule has 2 aliphatic rings. The number of nitrogens with zero attached hydrogens (tertiary/aromatic N) is 4. The Labute approximate surface area is 190 Å². The van der Waals surface area contributed by atoms with Crippen molar-refractivity contribution in [1.29, 1.82) is 0 Å². The minimum absolute atomic E-state index is 0.0147. The monoisotopic (exact) mass is 466 g/mol. The van der Waals surface area contributed by atoms with Crippen LogP contribution in [0.4, 0.5) is 19.0 Å². The summed E-state index contributed by atoms with van der Waals surface area (Å²) >= 11 is 6.08. The molecule has 0 aliphatic carbocycles. The molecule has 0 saturated carbocycles. The average molecular weight is 467 g/mol. The van der Waals surface area contributed by atoms with E-state index in [0.717, 1.165) is 45.0 Å². The van der Waals surface area contributed by atoms with E-state index in [1.807, 2.05) is 28.0 Å². The number of amides is 1. The van der Waals surface area contributed by atoms with Crippen LogP contribution in [-0.2, 0) is 17.5 Å². The SMILES string of the molecule is O=C(C1CCN(c2ncc(C(F)(F)F)cc2Cl)CC1)N1CCN(Cc2ccccc2)CC1. The molecule has 0 atom stereocenters. The Morgan fingerprint density at radius 2 is 1.69 bits per heavy atom. The Balaban J connectivity index is 1.27. The molecule has 2 aliphatic heterocycles. The fraction of sp³-hybridized carbons (Fsp3) is 0.478. The van der Waals surface area contributed by atoms with Crippen LogP contribution < -0.4 is 4.90 Å². The molecule has 0 N–H and O–H groups in total. The second kappa shape index (κ2) is 9.67. The van der Waals surface area contributed by atoms with E-state index in [-0.39, 0.29) is 16.8 Å². The smallest absolute Gasteiger partial charge is 0.355 e. The molecule has 5 nitrogen and oxygen atoms in total. The Morgan fingerprint density at radius 1 is 1.03 bits per heavy atom. The maximum absolute atomic E-state index is 13.0. The van der Waals surface area contributed by atoms with Gasteiger partial charge in [-0.3, -0.25) is 9.69 Å². The van der Waals surface area contributed by atoms with Gasteiger partial charge in [0.25, 0.3) is 0 Å². The molecule has 32 heavy (non-hydrogen) atoms. The van der Waals surface area contributed by atoms with Crippen molar-refractivity contribution in [2.24, 2.45) is 5.92 Å². The summed E-state index contributed by atoms with van der Waals surface area (Å²) in [6, 6.07) is 11.2. The maximum Gasteiger partial charge on any atom is 0.417 e. The first-order chi connectivity index (χ1) is 15.3. The van der Waals surface area contributed by atoms with E-state index >= 15 is 0 Å². The van der Waals surface area contributed by atoms with E-state index in [2.05, 4.69) is 22.0 Å². The van der Waals surface area contributed by atoms with Gasteiger partial charge in [-0.25, -0.2) is 4.98 Å². The van der Waals surface area contributed by atoms with Crippen LogP contribution >= 0.6 is 11.6 Å². The zero-order valence-corrected chi connectivity index (χ0v) is 18.4. The number of rotatable bonds is 4. The van der Waals surface area contributed by atoms with Gasteiger partial charge in [-0.15, -0.1) is 0 Å². The van der Waals surface area contributed by atoms with Crippen LogP contribution in [0.5, 0.6) is 0 Å². The first kappa shape index (κ1) is 22.9. The average Bonchev–Trinajstić information content (AvgIpc) is 2.79. The molecule has 172 valence electrons. The Morgan fingerprint density at radius 3 is 2.28 bits per heavy atom. The van der Waals surface area contributed by atoms with Gasteiger partial charge in [-0.05, 0) is 24.5 Å². The number of piperidine rings is 1. The van der Waals surface area contributed by atoms with Gasteiger partial charge in [0.1, 0.15) is 5.82 Å². The summed E-state index contributed by atoms with van der Waals surface area (Å²) in [5.41, 5.74) is 0.415. The molecule has 0 spiro atoms. The number of anilines is 1. The lowest BCUT2D eigenvalue weighted by atomic mass is 9.95. The highest BCUT2D eigenvalue weighted by Gasteiger charge is 2.34. The second-order valence-corrected chi connectivity index (χ2v) is 8.78. The molecular formula is C23H26ClF3N4O. The second-order valence-electron chi connectivity index (χ2n) is 8.38. The molecule has 0 radical (unpaired) electrons. The van der Waals surface area contributed by atoms with Crippen molar-refractivity contribution in [3.63, 3.8) is 0 Å². The van der Waals surface area contributed by atoms with Crippen LogP contribution in [0.3, 0.4) is 0 Å². The van der Waals surface area contributed by atoms with Gasteiger partial charge in [0.2, 0.25) is 5.91 Å². The highest BCUT2D eigenvalue weighted by atomic mass is 35.5. The van der Waals surface area contributed by atoms with Gasteiger partial charge >= 0.3 is 6.18 Å². The van der Waals surface area contributed by atoms with Crippen molar-refractivity contribution in [2.75, 3.05) is 44.2 Å². The molecule has 9 heteroatoms. The van der Waals surface area contributed by atoms with Gasteiger partial charge in [0.05, 0.1) is 10.6 Å². The summed E-state index contributed by atoms with van der Waals surface area (Å²) in [5.74, 6) is 0.454. The fourth-order valence-corrected chi connectivity index (χ4v) is 4.67. The van der Waals surface area contributed by atoms with Crippen LogP contribution in [0, 0.1) is 5.92 Å². The Kier molecular flexibility index (Phi) is 6.90. The lowest BCUT2D eigenvalue weighted by Crippen LogP contribution is -2.51. The topological polar surface area (TPSA) is 39.7 Å². The zero-order chi connectivity index (χ0) is 22.7. The van der Waals surface area contributed by atoms with Crippen molar-refractivity contribution in [1.82, 2.24) is 14.8 Å². The summed E-state index contributed by atoms with van der Waals surface area (Å²) < 4.78 is 38.5. The summed E-state index contributed by atoms with van der Waals surface area (Å²) in [4.78, 5) is 23.1. The van der Waals surface area contributed by atoms with Gasteiger partial charge in [-0.1, -0.05) is 41.9 Å². The standard InChI is InChI=1S/C23H26ClF3N4O/c24-20-14-19(23(25,26)27)15-28-21(20)30-8-6-18(7-9-30)22(32)31-12-10-29(11-13-31)16-17-4-2-1-3-5-17/h1-5,14-15,18H,6-13,16H2. The first-order valence-corrected chi connectivity index (χ1v) is 11.2. The van der Waals surface area contributed by atoms with Crippen LogP contribution in [0.15, 0.2) is 42.6 Å². The molecule has 3 heterocycles. The molecule has 0 bridgehead atoms. The number of hydrogen-bond donors (Lipinski definition) is 0. The van der Waals surface area contributed by atoms with Crippen LogP contribution in [-0.4, -0.2) is 60.0 Å². The van der Waals surface area contributed by atoms with Crippen molar-refractivity contribution in [3.8, 4) is 0 Å². The lowest BCUT2D eigenvalue weighted by Gasteiger charge is -2.39. The third-order valence-electron chi connectivity index (χ3n) is 6.23. The number of piperazine rings is 1. The van der Waals surface area contributed by atoms with E-state index in [4.69, 9.17) is 11.6 Å². The van der Waals surface area contributed by atoms with E-state index < -0.39 is 11.7 Å². The maximum atomic E-state index is 13.0. The van der Waals surface area contributed by atoms with Gasteiger partial charge < -0.3 is 9.80 Å². The highest BCUT2D eigenvalue weighted by molar-refractivity contribution is 6.33. The lowest BCUT2D eigenvalue weighted by molar-refractivity contribution is -0.138. The van der Waals surface area contributed by atoms with Crippen molar-refractivity contribution < 1.29 is 18.0 Å². The summed E-state index contributed by atoms with van der Waals surface area (Å²) in [5, 5.41) is -0.0147. The molecule has 1 aromatic heterocycles. The van der Waals surface area contributed by atoms with Crippen LogP contribution in [0.25, 0.3) is 0 Å². The molecule has 4 rings (SSSR count). The van der Waals surface area contributed by atoms with E-state index in [9.17, 15) is 18.0 Å². The minimum Gasteiger partial charge on any atom is -0.355 e. The van der Waals surface area contributed by atoms with Crippen molar-refractivity contribution >= 4 is 23.3 Å². The number of carbonyl (C=O) groups excluding carboxylic acids is 1. The van der Waals surface area contributed by atoms with Gasteiger partial charge in [0.15, 0.2) is 0 Å². The number of hydrogen-bond acceptors (Lipinski definition) is 4. The number of halogens is 4. The third kappa shape index (κ3) is 5.35. The zero-order valence-electron chi connectivity index (χ0n) is 17.7. The number of benzene rings is 1. The minimum atomic E-state index is -4.47. The molecule has 2 fully saturated rings. The molecule has 1 aromatic carbocycles. The predicted octanol–water partition coefficient (Wildman–Crippen LogP) is 4.31. The van der Waals surface area contributed by atoms with Crippen molar-refractivity contribution in [2.45, 2.75) is 25.6 Å². The summed E-state index contributed by atoms with van der Waals surface area (Å²) in [6.07, 6.45) is -2.38.